The van der Waals surface area contributed by atoms with Gasteiger partial charge < -0.3 is 15.1 Å². The molecule has 1 saturated carbocycles. The van der Waals surface area contributed by atoms with E-state index in [1.807, 2.05) is 4.90 Å². The smallest absolute Gasteiger partial charge is 0.242 e. The van der Waals surface area contributed by atoms with Crippen LogP contribution < -0.4 is 5.32 Å². The number of hydrogen-bond donors (Lipinski definition) is 1. The molecule has 1 saturated heterocycles. The van der Waals surface area contributed by atoms with E-state index in [0.29, 0.717) is 32.6 Å². The summed E-state index contributed by atoms with van der Waals surface area (Å²) >= 11 is 0. The third kappa shape index (κ3) is 4.45. The minimum absolute atomic E-state index is 0.0588. The average Bonchev–Trinajstić information content (AvgIpc) is 2.59. The molecule has 1 heterocycles. The van der Waals surface area contributed by atoms with E-state index in [1.54, 1.807) is 11.8 Å². The van der Waals surface area contributed by atoms with Gasteiger partial charge in [0.1, 0.15) is 0 Å². The Morgan fingerprint density at radius 1 is 0.955 bits per heavy atom. The zero-order valence-corrected chi connectivity index (χ0v) is 13.5. The number of piperazine rings is 1. The van der Waals surface area contributed by atoms with Crippen molar-refractivity contribution < 1.29 is 14.4 Å². The number of carbonyl (C=O) groups is 3. The number of amides is 3. The van der Waals surface area contributed by atoms with Gasteiger partial charge in [-0.3, -0.25) is 14.4 Å². The van der Waals surface area contributed by atoms with Crippen LogP contribution in [0.3, 0.4) is 0 Å². The molecule has 6 nitrogen and oxygen atoms in total. The Balaban J connectivity index is 1.73. The van der Waals surface area contributed by atoms with Crippen LogP contribution >= 0.6 is 0 Å². The summed E-state index contributed by atoms with van der Waals surface area (Å²) in [5, 5.41) is 2.60. The first-order chi connectivity index (χ1) is 10.6. The Morgan fingerprint density at radius 2 is 1.55 bits per heavy atom. The van der Waals surface area contributed by atoms with Crippen LogP contribution in [-0.4, -0.2) is 60.2 Å². The first-order valence-electron chi connectivity index (χ1n) is 8.45. The van der Waals surface area contributed by atoms with Crippen LogP contribution in [0.1, 0.15) is 45.4 Å². The molecule has 2 aliphatic rings. The van der Waals surface area contributed by atoms with Crippen molar-refractivity contribution in [2.45, 2.75) is 45.4 Å². The van der Waals surface area contributed by atoms with Crippen molar-refractivity contribution >= 4 is 17.7 Å². The summed E-state index contributed by atoms with van der Waals surface area (Å²) in [4.78, 5) is 39.3. The minimum Gasteiger partial charge on any atom is -0.347 e. The van der Waals surface area contributed by atoms with Crippen molar-refractivity contribution in [1.82, 2.24) is 15.1 Å². The van der Waals surface area contributed by atoms with Crippen LogP contribution in [0.25, 0.3) is 0 Å². The van der Waals surface area contributed by atoms with Gasteiger partial charge in [-0.2, -0.15) is 0 Å². The second kappa shape index (κ2) is 8.15. The van der Waals surface area contributed by atoms with Crippen LogP contribution in [0.5, 0.6) is 0 Å². The maximum atomic E-state index is 12.4. The molecule has 1 aliphatic carbocycles. The van der Waals surface area contributed by atoms with Crippen LogP contribution in [0.4, 0.5) is 0 Å². The van der Waals surface area contributed by atoms with Gasteiger partial charge in [0.05, 0.1) is 6.54 Å². The molecular formula is C16H27N3O3. The molecule has 0 bridgehead atoms. The highest BCUT2D eigenvalue weighted by molar-refractivity contribution is 5.85. The van der Waals surface area contributed by atoms with Gasteiger partial charge in [-0.05, 0) is 12.8 Å². The molecule has 1 N–H and O–H groups in total. The monoisotopic (exact) mass is 309 g/mol. The Kier molecular flexibility index (Phi) is 6.21. The molecule has 0 atom stereocenters. The minimum atomic E-state index is -0.112. The molecular weight excluding hydrogens is 282 g/mol. The highest BCUT2D eigenvalue weighted by Crippen LogP contribution is 2.25. The van der Waals surface area contributed by atoms with Crippen molar-refractivity contribution in [2.24, 2.45) is 5.92 Å². The number of hydrogen-bond acceptors (Lipinski definition) is 3. The molecule has 0 unspecified atom stereocenters. The van der Waals surface area contributed by atoms with E-state index in [0.717, 1.165) is 25.7 Å². The summed E-state index contributed by atoms with van der Waals surface area (Å²) in [5.74, 6) is 0.289. The van der Waals surface area contributed by atoms with Gasteiger partial charge in [-0.1, -0.05) is 26.2 Å². The standard InChI is InChI=1S/C16H27N3O3/c1-2-14(20)17-12-15(21)18-8-10-19(11-9-18)16(22)13-6-4-3-5-7-13/h13H,2-12H2,1H3,(H,17,20). The fourth-order valence-electron chi connectivity index (χ4n) is 3.19. The number of nitrogens with zero attached hydrogens (tertiary/aromatic N) is 2. The molecule has 0 aromatic carbocycles. The first-order valence-corrected chi connectivity index (χ1v) is 8.45. The quantitative estimate of drug-likeness (QED) is 0.833. The predicted octanol–water partition coefficient (Wildman–Crippen LogP) is 0.764. The fraction of sp³-hybridized carbons (Fsp3) is 0.812. The Bertz CT molecular complexity index is 411. The summed E-state index contributed by atoms with van der Waals surface area (Å²) in [6.45, 7) is 4.18. The molecule has 124 valence electrons. The summed E-state index contributed by atoms with van der Waals surface area (Å²) in [6.07, 6.45) is 5.98. The highest BCUT2D eigenvalue weighted by atomic mass is 16.2. The lowest BCUT2D eigenvalue weighted by Crippen LogP contribution is -2.53. The third-order valence-corrected chi connectivity index (χ3v) is 4.66. The Hall–Kier alpha value is -1.59. The molecule has 0 aromatic heterocycles. The van der Waals surface area contributed by atoms with E-state index in [1.165, 1.54) is 6.42 Å². The van der Waals surface area contributed by atoms with Gasteiger partial charge in [0.25, 0.3) is 0 Å². The van der Waals surface area contributed by atoms with E-state index < -0.39 is 0 Å². The van der Waals surface area contributed by atoms with Gasteiger partial charge in [-0.15, -0.1) is 0 Å². The summed E-state index contributed by atoms with van der Waals surface area (Å²) in [6, 6.07) is 0. The largest absolute Gasteiger partial charge is 0.347 e. The Labute approximate surface area is 132 Å². The van der Waals surface area contributed by atoms with E-state index in [2.05, 4.69) is 5.32 Å². The normalized spacial score (nSPS) is 19.9. The van der Waals surface area contributed by atoms with Crippen molar-refractivity contribution in [3.05, 3.63) is 0 Å². The van der Waals surface area contributed by atoms with Crippen molar-refractivity contribution in [1.29, 1.82) is 0 Å². The fourth-order valence-corrected chi connectivity index (χ4v) is 3.19. The second-order valence-electron chi connectivity index (χ2n) is 6.17. The van der Waals surface area contributed by atoms with Gasteiger partial charge in [0, 0.05) is 38.5 Å². The van der Waals surface area contributed by atoms with Crippen molar-refractivity contribution in [2.75, 3.05) is 32.7 Å². The summed E-state index contributed by atoms with van der Waals surface area (Å²) < 4.78 is 0. The number of carbonyl (C=O) groups excluding carboxylic acids is 3. The van der Waals surface area contributed by atoms with Crippen LogP contribution in [0.15, 0.2) is 0 Å². The lowest BCUT2D eigenvalue weighted by atomic mass is 9.88. The van der Waals surface area contributed by atoms with E-state index in [-0.39, 0.29) is 30.2 Å². The molecule has 3 amide bonds. The van der Waals surface area contributed by atoms with E-state index >= 15 is 0 Å². The Morgan fingerprint density at radius 3 is 2.14 bits per heavy atom. The second-order valence-corrected chi connectivity index (χ2v) is 6.17. The van der Waals surface area contributed by atoms with E-state index in [9.17, 15) is 14.4 Å². The topological polar surface area (TPSA) is 69.7 Å². The average molecular weight is 309 g/mol. The predicted molar refractivity (Wildman–Crippen MR) is 83.0 cm³/mol. The molecule has 0 aromatic rings. The summed E-state index contributed by atoms with van der Waals surface area (Å²) in [5.41, 5.74) is 0. The lowest BCUT2D eigenvalue weighted by molar-refractivity contribution is -0.142. The van der Waals surface area contributed by atoms with Gasteiger partial charge in [-0.25, -0.2) is 0 Å². The maximum Gasteiger partial charge on any atom is 0.242 e. The van der Waals surface area contributed by atoms with Gasteiger partial charge in [0.2, 0.25) is 17.7 Å². The summed E-state index contributed by atoms with van der Waals surface area (Å²) in [7, 11) is 0. The third-order valence-electron chi connectivity index (χ3n) is 4.66. The van der Waals surface area contributed by atoms with Crippen molar-refractivity contribution in [3.63, 3.8) is 0 Å². The molecule has 2 fully saturated rings. The van der Waals surface area contributed by atoms with Crippen LogP contribution in [0.2, 0.25) is 0 Å². The maximum absolute atomic E-state index is 12.4. The molecule has 1 aliphatic heterocycles. The molecule has 6 heteroatoms. The van der Waals surface area contributed by atoms with Crippen molar-refractivity contribution in [3.8, 4) is 0 Å². The van der Waals surface area contributed by atoms with Gasteiger partial charge in [0.15, 0.2) is 0 Å². The molecule has 2 rings (SSSR count). The van der Waals surface area contributed by atoms with Crippen LogP contribution in [-0.2, 0) is 14.4 Å². The SMILES string of the molecule is CCC(=O)NCC(=O)N1CCN(C(=O)C2CCCCC2)CC1. The molecule has 22 heavy (non-hydrogen) atoms. The first kappa shape index (κ1) is 16.8. The zero-order valence-electron chi connectivity index (χ0n) is 13.5. The number of nitrogens with one attached hydrogen (secondary N) is 1. The van der Waals surface area contributed by atoms with E-state index in [4.69, 9.17) is 0 Å². The van der Waals surface area contributed by atoms with Gasteiger partial charge >= 0.3 is 0 Å². The van der Waals surface area contributed by atoms with Crippen LogP contribution in [0, 0.1) is 5.92 Å². The highest BCUT2D eigenvalue weighted by Gasteiger charge is 2.29. The zero-order chi connectivity index (χ0) is 15.9. The number of rotatable bonds is 4. The molecule has 0 radical (unpaired) electrons. The lowest BCUT2D eigenvalue weighted by Gasteiger charge is -2.37. The molecule has 0 spiro atoms.